The van der Waals surface area contributed by atoms with Crippen LogP contribution in [0.5, 0.6) is 0 Å². The molecular formula is C32H36F4O. The summed E-state index contributed by atoms with van der Waals surface area (Å²) in [6, 6.07) is 12.9. The third-order valence-corrected chi connectivity index (χ3v) is 7.50. The molecule has 1 aliphatic rings. The Kier molecular flexibility index (Phi) is 9.42. The normalized spacial score (nSPS) is 17.8. The van der Waals surface area contributed by atoms with Crippen molar-refractivity contribution in [3.8, 4) is 22.3 Å². The third-order valence-electron chi connectivity index (χ3n) is 7.50. The molecule has 1 saturated heterocycles. The summed E-state index contributed by atoms with van der Waals surface area (Å²) in [6.45, 7) is 4.61. The molecule has 0 spiro atoms. The Labute approximate surface area is 217 Å². The summed E-state index contributed by atoms with van der Waals surface area (Å²) < 4.78 is 65.6. The molecule has 0 aliphatic carbocycles. The number of aryl methyl sites for hydroxylation is 1. The van der Waals surface area contributed by atoms with Gasteiger partial charge >= 0.3 is 0 Å². The van der Waals surface area contributed by atoms with Gasteiger partial charge in [-0.3, -0.25) is 0 Å². The topological polar surface area (TPSA) is 9.23 Å². The first-order valence-corrected chi connectivity index (χ1v) is 13.6. The lowest BCUT2D eigenvalue weighted by Crippen LogP contribution is -2.25. The Balaban J connectivity index is 1.50. The molecule has 5 heteroatoms. The molecule has 4 rings (SSSR count). The number of hydrogen-bond acceptors (Lipinski definition) is 1. The van der Waals surface area contributed by atoms with E-state index in [1.807, 2.05) is 0 Å². The fourth-order valence-corrected chi connectivity index (χ4v) is 5.28. The summed E-state index contributed by atoms with van der Waals surface area (Å²) in [5, 5.41) is 0. The molecule has 3 aromatic rings. The van der Waals surface area contributed by atoms with E-state index in [1.165, 1.54) is 0 Å². The van der Waals surface area contributed by atoms with Crippen molar-refractivity contribution < 1.29 is 22.3 Å². The molecule has 2 unspecified atom stereocenters. The Morgan fingerprint density at radius 1 is 0.676 bits per heavy atom. The minimum Gasteiger partial charge on any atom is -0.378 e. The highest BCUT2D eigenvalue weighted by molar-refractivity contribution is 5.71. The maximum Gasteiger partial charge on any atom is 0.166 e. The van der Waals surface area contributed by atoms with Gasteiger partial charge in [0.25, 0.3) is 0 Å². The number of rotatable bonds is 10. The van der Waals surface area contributed by atoms with Crippen molar-refractivity contribution in [2.24, 2.45) is 0 Å². The van der Waals surface area contributed by atoms with E-state index in [1.54, 1.807) is 48.5 Å². The first-order chi connectivity index (χ1) is 17.9. The lowest BCUT2D eigenvalue weighted by molar-refractivity contribution is -0.00181. The van der Waals surface area contributed by atoms with E-state index in [2.05, 4.69) is 13.8 Å². The van der Waals surface area contributed by atoms with E-state index >= 15 is 8.78 Å². The number of unbranched alkanes of at least 4 members (excludes halogenated alkanes) is 3. The quantitative estimate of drug-likeness (QED) is 0.194. The van der Waals surface area contributed by atoms with Crippen LogP contribution in [-0.4, -0.2) is 12.7 Å². The van der Waals surface area contributed by atoms with Gasteiger partial charge in [-0.05, 0) is 54.4 Å². The van der Waals surface area contributed by atoms with Gasteiger partial charge in [-0.15, -0.1) is 0 Å². The first-order valence-electron chi connectivity index (χ1n) is 13.6. The number of hydrogen-bond donors (Lipinski definition) is 0. The van der Waals surface area contributed by atoms with Crippen molar-refractivity contribution in [2.75, 3.05) is 6.61 Å². The highest BCUT2D eigenvalue weighted by atomic mass is 19.2. The number of ether oxygens (including phenoxy) is 1. The Hall–Kier alpha value is -2.66. The standard InChI is InChI=1S/C32H36F4O/c1-3-5-6-7-9-23-15-17-26(30(34)29(23)33)21-10-12-22(13-11-21)27-18-19-28(32(36)31(27)35)24-14-16-25(8-4-2)37-20-24/h10-13,15,17-19,24-25H,3-9,14,16,20H2,1-2H3. The van der Waals surface area contributed by atoms with Crippen molar-refractivity contribution in [1.82, 2.24) is 0 Å². The maximum atomic E-state index is 15.1. The first kappa shape index (κ1) is 27.4. The van der Waals surface area contributed by atoms with Crippen LogP contribution in [0.15, 0.2) is 48.5 Å². The van der Waals surface area contributed by atoms with Crippen LogP contribution in [0, 0.1) is 23.3 Å². The van der Waals surface area contributed by atoms with Crippen LogP contribution in [0.2, 0.25) is 0 Å². The van der Waals surface area contributed by atoms with Gasteiger partial charge in [0.2, 0.25) is 0 Å². The second kappa shape index (κ2) is 12.7. The fourth-order valence-electron chi connectivity index (χ4n) is 5.28. The summed E-state index contributed by atoms with van der Waals surface area (Å²) in [5.41, 5.74) is 1.99. The molecule has 0 amide bonds. The van der Waals surface area contributed by atoms with Gasteiger partial charge in [-0.2, -0.15) is 0 Å². The lowest BCUT2D eigenvalue weighted by atomic mass is 9.88. The van der Waals surface area contributed by atoms with Gasteiger partial charge in [0, 0.05) is 17.0 Å². The van der Waals surface area contributed by atoms with Crippen LogP contribution in [0.3, 0.4) is 0 Å². The van der Waals surface area contributed by atoms with E-state index < -0.39 is 23.3 Å². The SMILES string of the molecule is CCCCCCc1ccc(-c2ccc(-c3ccc(C4CCC(CCC)OC4)c(F)c3F)cc2)c(F)c1F. The monoisotopic (exact) mass is 512 g/mol. The van der Waals surface area contributed by atoms with Crippen molar-refractivity contribution in [3.63, 3.8) is 0 Å². The maximum absolute atomic E-state index is 15.1. The van der Waals surface area contributed by atoms with Crippen molar-refractivity contribution >= 4 is 0 Å². The van der Waals surface area contributed by atoms with Gasteiger partial charge in [-0.1, -0.05) is 88.1 Å². The highest BCUT2D eigenvalue weighted by Gasteiger charge is 2.27. The zero-order chi connectivity index (χ0) is 26.4. The lowest BCUT2D eigenvalue weighted by Gasteiger charge is -2.29. The summed E-state index contributed by atoms with van der Waals surface area (Å²) in [6.07, 6.45) is 8.34. The van der Waals surface area contributed by atoms with E-state index in [4.69, 9.17) is 4.74 Å². The van der Waals surface area contributed by atoms with Crippen LogP contribution in [0.4, 0.5) is 17.6 Å². The van der Waals surface area contributed by atoms with Gasteiger partial charge in [0.1, 0.15) is 0 Å². The van der Waals surface area contributed by atoms with Crippen LogP contribution in [-0.2, 0) is 11.2 Å². The van der Waals surface area contributed by atoms with Crippen LogP contribution < -0.4 is 0 Å². The zero-order valence-electron chi connectivity index (χ0n) is 21.8. The molecule has 1 heterocycles. The van der Waals surface area contributed by atoms with Crippen molar-refractivity contribution in [3.05, 3.63) is 82.9 Å². The second-order valence-corrected chi connectivity index (χ2v) is 10.1. The minimum atomic E-state index is -0.898. The van der Waals surface area contributed by atoms with E-state index in [9.17, 15) is 8.78 Å². The molecule has 0 bridgehead atoms. The molecule has 3 aromatic carbocycles. The third kappa shape index (κ3) is 6.26. The van der Waals surface area contributed by atoms with Crippen molar-refractivity contribution in [2.45, 2.75) is 83.7 Å². The molecule has 1 nitrogen and oxygen atoms in total. The summed E-state index contributed by atoms with van der Waals surface area (Å²) >= 11 is 0. The van der Waals surface area contributed by atoms with E-state index in [-0.39, 0.29) is 23.1 Å². The molecule has 2 atom stereocenters. The van der Waals surface area contributed by atoms with Crippen LogP contribution in [0.1, 0.15) is 82.3 Å². The molecule has 0 N–H and O–H groups in total. The summed E-state index contributed by atoms with van der Waals surface area (Å²) in [5.74, 6) is -3.59. The molecule has 1 fully saturated rings. The molecule has 0 saturated carbocycles. The molecule has 1 aliphatic heterocycles. The van der Waals surface area contributed by atoms with E-state index in [0.717, 1.165) is 51.4 Å². The number of benzene rings is 3. The predicted molar refractivity (Wildman–Crippen MR) is 142 cm³/mol. The van der Waals surface area contributed by atoms with Crippen LogP contribution in [0.25, 0.3) is 22.3 Å². The fraction of sp³-hybridized carbons (Fsp3) is 0.438. The molecule has 0 aromatic heterocycles. The van der Waals surface area contributed by atoms with Gasteiger partial charge in [-0.25, -0.2) is 17.6 Å². The molecule has 0 radical (unpaired) electrons. The largest absolute Gasteiger partial charge is 0.378 e. The van der Waals surface area contributed by atoms with Gasteiger partial charge in [0.05, 0.1) is 12.7 Å². The zero-order valence-corrected chi connectivity index (χ0v) is 21.8. The smallest absolute Gasteiger partial charge is 0.166 e. The average molecular weight is 513 g/mol. The Bertz CT molecular complexity index is 1180. The Morgan fingerprint density at radius 3 is 1.92 bits per heavy atom. The molecular weight excluding hydrogens is 476 g/mol. The Morgan fingerprint density at radius 2 is 1.32 bits per heavy atom. The molecule has 37 heavy (non-hydrogen) atoms. The highest BCUT2D eigenvalue weighted by Crippen LogP contribution is 2.36. The van der Waals surface area contributed by atoms with Crippen LogP contribution >= 0.6 is 0 Å². The summed E-state index contributed by atoms with van der Waals surface area (Å²) in [7, 11) is 0. The summed E-state index contributed by atoms with van der Waals surface area (Å²) in [4.78, 5) is 0. The van der Waals surface area contributed by atoms with Gasteiger partial charge in [0.15, 0.2) is 23.3 Å². The molecule has 198 valence electrons. The van der Waals surface area contributed by atoms with Gasteiger partial charge < -0.3 is 4.74 Å². The van der Waals surface area contributed by atoms with Crippen molar-refractivity contribution in [1.29, 1.82) is 0 Å². The number of halogens is 4. The second-order valence-electron chi connectivity index (χ2n) is 10.1. The predicted octanol–water partition coefficient (Wildman–Crippen LogP) is 9.76. The van der Waals surface area contributed by atoms with E-state index in [0.29, 0.717) is 35.3 Å². The average Bonchev–Trinajstić information content (AvgIpc) is 2.91. The minimum absolute atomic E-state index is 0.141.